The summed E-state index contributed by atoms with van der Waals surface area (Å²) in [7, 11) is 0. The summed E-state index contributed by atoms with van der Waals surface area (Å²) < 4.78 is 18.3. The Morgan fingerprint density at radius 1 is 1.15 bits per heavy atom. The van der Waals surface area contributed by atoms with Gasteiger partial charge in [0.05, 0.1) is 18.5 Å². The number of ether oxygens (including phenoxy) is 1. The minimum absolute atomic E-state index is 0.107. The van der Waals surface area contributed by atoms with E-state index in [9.17, 15) is 4.79 Å². The second-order valence-corrected chi connectivity index (χ2v) is 10.5. The van der Waals surface area contributed by atoms with Crippen LogP contribution in [0.25, 0.3) is 22.3 Å². The summed E-state index contributed by atoms with van der Waals surface area (Å²) in [5, 5.41) is 1.11. The standard InChI is InChI=1S/C26H25NO4S2/c1-16(2)24-20-8-3-17(27-11-13-29-14-12-27)15-22(20)31-26(28)25(24)21-9-5-18(30-21)4-6-19-7-10-23(32)33-19/h3,5,8-10,15-16,19,32H,7,11-14H2,1-2H3. The van der Waals surface area contributed by atoms with Crippen molar-refractivity contribution in [3.05, 3.63) is 62.4 Å². The van der Waals surface area contributed by atoms with Crippen LogP contribution in [0.3, 0.4) is 0 Å². The molecule has 1 saturated heterocycles. The molecule has 170 valence electrons. The van der Waals surface area contributed by atoms with Gasteiger partial charge in [0.1, 0.15) is 16.9 Å². The lowest BCUT2D eigenvalue weighted by molar-refractivity contribution is 0.122. The summed E-state index contributed by atoms with van der Waals surface area (Å²) in [6.45, 7) is 7.21. The molecule has 1 unspecified atom stereocenters. The first-order valence-corrected chi connectivity index (χ1v) is 12.4. The zero-order valence-corrected chi connectivity index (χ0v) is 20.3. The minimum atomic E-state index is -0.394. The molecular formula is C26H25NO4S2. The van der Waals surface area contributed by atoms with E-state index in [-0.39, 0.29) is 11.2 Å². The first kappa shape index (κ1) is 22.3. The maximum atomic E-state index is 13.1. The average Bonchev–Trinajstić information content (AvgIpc) is 3.45. The van der Waals surface area contributed by atoms with Crippen LogP contribution in [0.2, 0.25) is 0 Å². The SMILES string of the molecule is CC(C)c1c(-c2ccc(C#CC3CC=C(S)S3)o2)c(=O)oc2cc(N3CCOCC3)ccc12. The minimum Gasteiger partial charge on any atom is -0.447 e. The van der Waals surface area contributed by atoms with Crippen LogP contribution in [-0.2, 0) is 4.74 Å². The van der Waals surface area contributed by atoms with Crippen molar-refractivity contribution in [3.63, 3.8) is 0 Å². The molecule has 3 aromatic rings. The van der Waals surface area contributed by atoms with Crippen molar-refractivity contribution in [3.8, 4) is 23.2 Å². The maximum Gasteiger partial charge on any atom is 0.347 e. The molecule has 4 heterocycles. The zero-order chi connectivity index (χ0) is 22.9. The smallest absolute Gasteiger partial charge is 0.347 e. The van der Waals surface area contributed by atoms with Crippen molar-refractivity contribution in [1.82, 2.24) is 0 Å². The van der Waals surface area contributed by atoms with Gasteiger partial charge in [0.25, 0.3) is 0 Å². The molecule has 0 aliphatic carbocycles. The lowest BCUT2D eigenvalue weighted by Crippen LogP contribution is -2.36. The molecule has 0 amide bonds. The fourth-order valence-corrected chi connectivity index (χ4v) is 5.58. The van der Waals surface area contributed by atoms with Crippen molar-refractivity contribution in [2.75, 3.05) is 31.2 Å². The second-order valence-electron chi connectivity index (χ2n) is 8.43. The molecular weight excluding hydrogens is 454 g/mol. The van der Waals surface area contributed by atoms with E-state index in [2.05, 4.69) is 55.4 Å². The van der Waals surface area contributed by atoms with Gasteiger partial charge in [-0.3, -0.25) is 0 Å². The third-order valence-electron chi connectivity index (χ3n) is 5.86. The molecule has 0 N–H and O–H groups in total. The van der Waals surface area contributed by atoms with Gasteiger partial charge in [0, 0.05) is 34.5 Å². The van der Waals surface area contributed by atoms with Crippen LogP contribution in [0.15, 0.2) is 54.3 Å². The third-order valence-corrected chi connectivity index (χ3v) is 7.37. The molecule has 1 atom stereocenters. The fourth-order valence-electron chi connectivity index (χ4n) is 4.29. The van der Waals surface area contributed by atoms with Gasteiger partial charge < -0.3 is 18.5 Å². The number of hydrogen-bond donors (Lipinski definition) is 1. The summed E-state index contributed by atoms with van der Waals surface area (Å²) in [5.74, 6) is 7.44. The molecule has 0 spiro atoms. The van der Waals surface area contributed by atoms with E-state index in [1.807, 2.05) is 18.2 Å². The largest absolute Gasteiger partial charge is 0.447 e. The number of thioether (sulfide) groups is 1. The van der Waals surface area contributed by atoms with Gasteiger partial charge >= 0.3 is 5.63 Å². The van der Waals surface area contributed by atoms with Gasteiger partial charge in [-0.05, 0) is 48.1 Å². The molecule has 0 radical (unpaired) electrons. The van der Waals surface area contributed by atoms with E-state index < -0.39 is 5.63 Å². The topological polar surface area (TPSA) is 55.8 Å². The highest BCUT2D eigenvalue weighted by Gasteiger charge is 2.22. The lowest BCUT2D eigenvalue weighted by Gasteiger charge is -2.29. The highest BCUT2D eigenvalue weighted by molar-refractivity contribution is 8.16. The zero-order valence-electron chi connectivity index (χ0n) is 18.6. The van der Waals surface area contributed by atoms with Crippen LogP contribution < -0.4 is 10.5 Å². The van der Waals surface area contributed by atoms with Crippen LogP contribution in [0.5, 0.6) is 0 Å². The molecule has 7 heteroatoms. The predicted octanol–water partition coefficient (Wildman–Crippen LogP) is 5.64. The first-order chi connectivity index (χ1) is 16.0. The fraction of sp³-hybridized carbons (Fsp3) is 0.346. The van der Waals surface area contributed by atoms with Gasteiger partial charge in [0.15, 0.2) is 5.76 Å². The van der Waals surface area contributed by atoms with E-state index in [1.54, 1.807) is 17.8 Å². The number of fused-ring (bicyclic) bond motifs is 1. The van der Waals surface area contributed by atoms with Crippen LogP contribution in [0, 0.1) is 11.8 Å². The molecule has 1 aromatic carbocycles. The Balaban J connectivity index is 1.52. The highest BCUT2D eigenvalue weighted by atomic mass is 32.2. The van der Waals surface area contributed by atoms with Crippen molar-refractivity contribution in [2.45, 2.75) is 31.4 Å². The van der Waals surface area contributed by atoms with E-state index in [4.69, 9.17) is 13.6 Å². The summed E-state index contributed by atoms with van der Waals surface area (Å²) in [6, 6.07) is 9.71. The van der Waals surface area contributed by atoms with Gasteiger partial charge in [-0.2, -0.15) is 0 Å². The Kier molecular flexibility index (Phi) is 6.33. The Hall–Kier alpha value is -2.53. The molecule has 5 rings (SSSR count). The summed E-state index contributed by atoms with van der Waals surface area (Å²) in [6.07, 6.45) is 2.95. The molecule has 0 bridgehead atoms. The van der Waals surface area contributed by atoms with E-state index in [0.717, 1.165) is 40.4 Å². The Morgan fingerprint density at radius 2 is 1.97 bits per heavy atom. The van der Waals surface area contributed by atoms with Gasteiger partial charge in [-0.15, -0.1) is 24.4 Å². The van der Waals surface area contributed by atoms with Crippen LogP contribution in [0.1, 0.15) is 37.5 Å². The molecule has 2 aliphatic heterocycles. The molecule has 0 saturated carbocycles. The van der Waals surface area contributed by atoms with Crippen molar-refractivity contribution >= 4 is 41.0 Å². The van der Waals surface area contributed by atoms with E-state index in [1.165, 1.54) is 0 Å². The molecule has 5 nitrogen and oxygen atoms in total. The third kappa shape index (κ3) is 4.61. The molecule has 1 fully saturated rings. The van der Waals surface area contributed by atoms with Crippen LogP contribution in [0.4, 0.5) is 5.69 Å². The number of nitrogens with zero attached hydrogens (tertiary/aromatic N) is 1. The maximum absolute atomic E-state index is 13.1. The molecule has 2 aliphatic rings. The van der Waals surface area contributed by atoms with E-state index >= 15 is 0 Å². The first-order valence-electron chi connectivity index (χ1n) is 11.1. The number of morpholine rings is 1. The number of rotatable bonds is 3. The number of furan rings is 1. The Labute approximate surface area is 202 Å². The number of allylic oxidation sites excluding steroid dienone is 1. The Morgan fingerprint density at radius 3 is 2.70 bits per heavy atom. The van der Waals surface area contributed by atoms with Gasteiger partial charge in [-0.1, -0.05) is 25.8 Å². The molecule has 33 heavy (non-hydrogen) atoms. The second kappa shape index (κ2) is 9.38. The number of benzene rings is 1. The summed E-state index contributed by atoms with van der Waals surface area (Å²) in [4.78, 5) is 15.4. The summed E-state index contributed by atoms with van der Waals surface area (Å²) in [5.41, 5.74) is 2.64. The van der Waals surface area contributed by atoms with E-state index in [0.29, 0.717) is 35.9 Å². The number of thiol groups is 1. The Bertz CT molecular complexity index is 1340. The van der Waals surface area contributed by atoms with Crippen LogP contribution in [-0.4, -0.2) is 31.6 Å². The molecule has 2 aromatic heterocycles. The summed E-state index contributed by atoms with van der Waals surface area (Å²) >= 11 is 6.01. The van der Waals surface area contributed by atoms with Crippen LogP contribution >= 0.6 is 24.4 Å². The predicted molar refractivity (Wildman–Crippen MR) is 137 cm³/mol. The van der Waals surface area contributed by atoms with Gasteiger partial charge in [-0.25, -0.2) is 4.79 Å². The van der Waals surface area contributed by atoms with Gasteiger partial charge in [0.2, 0.25) is 0 Å². The average molecular weight is 480 g/mol. The van der Waals surface area contributed by atoms with Crippen molar-refractivity contribution < 1.29 is 13.6 Å². The lowest BCUT2D eigenvalue weighted by atomic mass is 9.93. The number of hydrogen-bond acceptors (Lipinski definition) is 7. The quantitative estimate of drug-likeness (QED) is 0.298. The highest BCUT2D eigenvalue weighted by Crippen LogP contribution is 2.36. The number of anilines is 1. The normalized spacial score (nSPS) is 18.5. The van der Waals surface area contributed by atoms with Crippen molar-refractivity contribution in [1.29, 1.82) is 0 Å². The van der Waals surface area contributed by atoms with Crippen molar-refractivity contribution in [2.24, 2.45) is 0 Å². The monoisotopic (exact) mass is 479 g/mol.